The molecule has 81 valence electrons. The number of methoxy groups -OCH3 is 1. The van der Waals surface area contributed by atoms with Gasteiger partial charge in [-0.3, -0.25) is 0 Å². The van der Waals surface area contributed by atoms with E-state index in [4.69, 9.17) is 4.74 Å². The fourth-order valence-corrected chi connectivity index (χ4v) is 1.50. The zero-order valence-corrected chi connectivity index (χ0v) is 8.70. The molecule has 1 N–H and O–H groups in total. The van der Waals surface area contributed by atoms with E-state index in [1.54, 1.807) is 18.2 Å². The van der Waals surface area contributed by atoms with Gasteiger partial charge in [-0.15, -0.1) is 0 Å². The van der Waals surface area contributed by atoms with Gasteiger partial charge < -0.3 is 9.84 Å². The zero-order valence-electron chi connectivity index (χ0n) is 8.70. The summed E-state index contributed by atoms with van der Waals surface area (Å²) in [7, 11) is 1.47. The van der Waals surface area contributed by atoms with E-state index in [1.165, 1.54) is 25.3 Å². The van der Waals surface area contributed by atoms with E-state index in [2.05, 4.69) is 6.07 Å². The fourth-order valence-electron chi connectivity index (χ4n) is 1.50. The average molecular weight is 217 g/mol. The molecule has 0 fully saturated rings. The largest absolute Gasteiger partial charge is 0.507 e. The van der Waals surface area contributed by atoms with Gasteiger partial charge in [0.25, 0.3) is 0 Å². The molecule has 0 unspecified atom stereocenters. The molecule has 2 aromatic rings. The summed E-state index contributed by atoms with van der Waals surface area (Å²) in [6, 6.07) is 11.8. The Bertz CT molecular complexity index is 509. The van der Waals surface area contributed by atoms with Crippen molar-refractivity contribution in [3.63, 3.8) is 0 Å². The first-order valence-electron chi connectivity index (χ1n) is 4.75. The van der Waals surface area contributed by atoms with Crippen molar-refractivity contribution in [2.75, 3.05) is 7.11 Å². The van der Waals surface area contributed by atoms with E-state index in [0.29, 0.717) is 16.9 Å². The van der Waals surface area contributed by atoms with Crippen LogP contribution in [0.1, 0.15) is 0 Å². The Morgan fingerprint density at radius 3 is 2.81 bits per heavy atom. The number of rotatable bonds is 2. The molecule has 0 aliphatic rings. The van der Waals surface area contributed by atoms with Gasteiger partial charge in [0.05, 0.1) is 7.11 Å². The molecule has 0 aromatic heterocycles. The molecule has 2 aromatic carbocycles. The van der Waals surface area contributed by atoms with Crippen molar-refractivity contribution >= 4 is 0 Å². The molecular formula is C13H10FO2. The van der Waals surface area contributed by atoms with E-state index in [9.17, 15) is 9.50 Å². The van der Waals surface area contributed by atoms with Crippen LogP contribution in [0.15, 0.2) is 36.4 Å². The summed E-state index contributed by atoms with van der Waals surface area (Å²) in [5.74, 6) is 0.0824. The smallest absolute Gasteiger partial charge is 0.127 e. The van der Waals surface area contributed by atoms with Crippen LogP contribution in [-0.4, -0.2) is 12.2 Å². The number of hydrogen-bond acceptors (Lipinski definition) is 2. The Balaban J connectivity index is 2.56. The summed E-state index contributed by atoms with van der Waals surface area (Å²) in [5, 5.41) is 9.62. The molecule has 2 rings (SSSR count). The van der Waals surface area contributed by atoms with Crippen LogP contribution in [0.3, 0.4) is 0 Å². The number of phenols is 1. The molecule has 2 nitrogen and oxygen atoms in total. The van der Waals surface area contributed by atoms with Crippen LogP contribution in [0.2, 0.25) is 0 Å². The average Bonchev–Trinajstić information content (AvgIpc) is 2.28. The second-order valence-electron chi connectivity index (χ2n) is 3.32. The fraction of sp³-hybridized carbons (Fsp3) is 0.0769. The van der Waals surface area contributed by atoms with Crippen LogP contribution in [-0.2, 0) is 0 Å². The van der Waals surface area contributed by atoms with Crippen molar-refractivity contribution in [1.29, 1.82) is 0 Å². The monoisotopic (exact) mass is 217 g/mol. The maximum atomic E-state index is 13.3. The van der Waals surface area contributed by atoms with Gasteiger partial charge in [-0.25, -0.2) is 4.39 Å². The first kappa shape index (κ1) is 10.5. The summed E-state index contributed by atoms with van der Waals surface area (Å²) in [6.45, 7) is 0. The third kappa shape index (κ3) is 1.98. The minimum absolute atomic E-state index is 0.0650. The molecule has 0 bridgehead atoms. The van der Waals surface area contributed by atoms with Crippen molar-refractivity contribution in [3.8, 4) is 22.6 Å². The van der Waals surface area contributed by atoms with E-state index >= 15 is 0 Å². The van der Waals surface area contributed by atoms with Crippen LogP contribution in [0, 0.1) is 11.9 Å². The topological polar surface area (TPSA) is 29.5 Å². The lowest BCUT2D eigenvalue weighted by molar-refractivity contribution is 0.411. The summed E-state index contributed by atoms with van der Waals surface area (Å²) in [5.41, 5.74) is 1.12. The Hall–Kier alpha value is -2.03. The second-order valence-corrected chi connectivity index (χ2v) is 3.32. The first-order chi connectivity index (χ1) is 7.70. The standard InChI is InChI=1S/C13H10FO2/c1-16-11-7-9(6-10(14)8-11)12-4-2-3-5-13(12)15/h2,4-8,15H,1H3. The molecule has 3 heteroatoms. The van der Waals surface area contributed by atoms with E-state index in [0.717, 1.165) is 0 Å². The number of ether oxygens (including phenoxy) is 1. The van der Waals surface area contributed by atoms with Gasteiger partial charge in [0.1, 0.15) is 17.3 Å². The molecule has 0 atom stereocenters. The molecule has 1 radical (unpaired) electrons. The number of benzene rings is 2. The normalized spacial score (nSPS) is 10.1. The van der Waals surface area contributed by atoms with Gasteiger partial charge in [0, 0.05) is 11.6 Å². The highest BCUT2D eigenvalue weighted by Crippen LogP contribution is 2.31. The van der Waals surface area contributed by atoms with Gasteiger partial charge in [-0.1, -0.05) is 12.1 Å². The number of halogens is 1. The molecule has 0 spiro atoms. The van der Waals surface area contributed by atoms with Crippen LogP contribution in [0.5, 0.6) is 11.5 Å². The Kier molecular flexibility index (Phi) is 2.77. The quantitative estimate of drug-likeness (QED) is 0.837. The molecule has 0 heterocycles. The van der Waals surface area contributed by atoms with Crippen molar-refractivity contribution in [3.05, 3.63) is 48.3 Å². The Morgan fingerprint density at radius 1 is 1.31 bits per heavy atom. The highest BCUT2D eigenvalue weighted by Gasteiger charge is 2.06. The molecule has 0 aliphatic carbocycles. The molecule has 0 amide bonds. The lowest BCUT2D eigenvalue weighted by atomic mass is 10.0. The third-order valence-electron chi connectivity index (χ3n) is 2.26. The maximum Gasteiger partial charge on any atom is 0.127 e. The first-order valence-corrected chi connectivity index (χ1v) is 4.75. The van der Waals surface area contributed by atoms with Crippen molar-refractivity contribution in [2.24, 2.45) is 0 Å². The summed E-state index contributed by atoms with van der Waals surface area (Å²) in [6.07, 6.45) is 0. The second kappa shape index (κ2) is 4.23. The number of hydrogen-bond donors (Lipinski definition) is 1. The minimum atomic E-state index is -0.401. The van der Waals surface area contributed by atoms with Gasteiger partial charge in [-0.2, -0.15) is 0 Å². The molecule has 16 heavy (non-hydrogen) atoms. The lowest BCUT2D eigenvalue weighted by Gasteiger charge is -2.07. The van der Waals surface area contributed by atoms with E-state index in [-0.39, 0.29) is 5.75 Å². The summed E-state index contributed by atoms with van der Waals surface area (Å²) >= 11 is 0. The Labute approximate surface area is 92.9 Å². The predicted octanol–water partition coefficient (Wildman–Crippen LogP) is 3.01. The summed E-state index contributed by atoms with van der Waals surface area (Å²) in [4.78, 5) is 0. The molecule has 0 saturated carbocycles. The van der Waals surface area contributed by atoms with E-state index in [1.807, 2.05) is 0 Å². The molecular weight excluding hydrogens is 207 g/mol. The summed E-state index contributed by atoms with van der Waals surface area (Å²) < 4.78 is 18.2. The third-order valence-corrected chi connectivity index (χ3v) is 2.26. The maximum absolute atomic E-state index is 13.3. The number of aromatic hydroxyl groups is 1. The van der Waals surface area contributed by atoms with Gasteiger partial charge in [0.15, 0.2) is 0 Å². The van der Waals surface area contributed by atoms with Crippen LogP contribution >= 0.6 is 0 Å². The highest BCUT2D eigenvalue weighted by molar-refractivity contribution is 5.71. The molecule has 0 saturated heterocycles. The highest BCUT2D eigenvalue weighted by atomic mass is 19.1. The van der Waals surface area contributed by atoms with Gasteiger partial charge >= 0.3 is 0 Å². The van der Waals surface area contributed by atoms with Crippen molar-refractivity contribution < 1.29 is 14.2 Å². The van der Waals surface area contributed by atoms with Gasteiger partial charge in [0.2, 0.25) is 0 Å². The predicted molar refractivity (Wildman–Crippen MR) is 58.9 cm³/mol. The minimum Gasteiger partial charge on any atom is -0.507 e. The van der Waals surface area contributed by atoms with Crippen LogP contribution in [0.4, 0.5) is 4.39 Å². The Morgan fingerprint density at radius 2 is 2.12 bits per heavy atom. The van der Waals surface area contributed by atoms with E-state index < -0.39 is 5.82 Å². The van der Waals surface area contributed by atoms with Crippen molar-refractivity contribution in [2.45, 2.75) is 0 Å². The molecule has 0 aliphatic heterocycles. The van der Waals surface area contributed by atoms with Crippen molar-refractivity contribution in [1.82, 2.24) is 0 Å². The van der Waals surface area contributed by atoms with Crippen LogP contribution < -0.4 is 4.74 Å². The van der Waals surface area contributed by atoms with Gasteiger partial charge in [-0.05, 0) is 29.8 Å². The zero-order chi connectivity index (χ0) is 11.5. The number of phenolic OH excluding ortho intramolecular Hbond substituents is 1. The van der Waals surface area contributed by atoms with Crippen LogP contribution in [0.25, 0.3) is 11.1 Å². The lowest BCUT2D eigenvalue weighted by Crippen LogP contribution is -1.87. The SMILES string of the molecule is COc1cc(F)cc(-c2cc[c]cc2O)c1.